The first-order chi connectivity index (χ1) is 30.2. The number of sulfonamides is 2. The second kappa shape index (κ2) is 17.7. The number of allylic oxidation sites excluding steroid dienone is 1. The fraction of sp³-hybridized carbons (Fsp3) is 0.455. The zero-order chi connectivity index (χ0) is 46.2. The third kappa shape index (κ3) is 9.69. The molecule has 3 N–H and O–H groups in total. The molecule has 7 rings (SSSR count). The molecule has 0 aromatic heterocycles. The Labute approximate surface area is 372 Å². The molecule has 2 aliphatic heterocycles. The van der Waals surface area contributed by atoms with Crippen LogP contribution in [0.2, 0.25) is 0 Å². The Balaban J connectivity index is 1.33. The molecule has 18 nitrogen and oxygen atoms in total. The Kier molecular flexibility index (Phi) is 12.8. The van der Waals surface area contributed by atoms with E-state index in [0.29, 0.717) is 18.4 Å². The number of carbonyl (C=O) groups is 4. The number of nitro groups is 1. The molecule has 5 atom stereocenters. The Hall–Kier alpha value is -5.70. The number of alkyl carbamates (subject to hydrolysis) is 1. The van der Waals surface area contributed by atoms with Crippen LogP contribution in [0.3, 0.4) is 0 Å². The van der Waals surface area contributed by atoms with E-state index in [1.807, 2.05) is 42.5 Å². The summed E-state index contributed by atoms with van der Waals surface area (Å²) in [5, 5.41) is 16.7. The van der Waals surface area contributed by atoms with E-state index in [-0.39, 0.29) is 38.8 Å². The number of hydrogen-bond acceptors (Lipinski definition) is 12. The highest BCUT2D eigenvalue weighted by Crippen LogP contribution is 2.47. The molecule has 3 fully saturated rings. The number of fused-ring (bicyclic) bond motifs is 2. The maximum Gasteiger partial charge on any atom is 0.408 e. The predicted octanol–water partition coefficient (Wildman–Crippen LogP) is 4.12. The van der Waals surface area contributed by atoms with Gasteiger partial charge in [0.1, 0.15) is 28.8 Å². The predicted molar refractivity (Wildman–Crippen MR) is 233 cm³/mol. The Bertz CT molecular complexity index is 2560. The summed E-state index contributed by atoms with van der Waals surface area (Å²) in [6.07, 6.45) is 3.18. The molecule has 2 aliphatic carbocycles. The van der Waals surface area contributed by atoms with Gasteiger partial charge in [0.05, 0.1) is 16.7 Å². The first-order valence-corrected chi connectivity index (χ1v) is 24.0. The highest BCUT2D eigenvalue weighted by Gasteiger charge is 2.63. The van der Waals surface area contributed by atoms with Gasteiger partial charge >= 0.3 is 6.09 Å². The summed E-state index contributed by atoms with van der Waals surface area (Å²) in [4.78, 5) is 69.4. The number of nitrogens with one attached hydrogen (secondary N) is 3. The summed E-state index contributed by atoms with van der Waals surface area (Å²) < 4.78 is 69.9. The van der Waals surface area contributed by atoms with Crippen molar-refractivity contribution in [3.63, 3.8) is 0 Å². The number of rotatable bonds is 10. The smallest absolute Gasteiger partial charge is 0.408 e. The number of nitro benzene ring substituents is 1. The third-order valence-corrected chi connectivity index (χ3v) is 15.7. The summed E-state index contributed by atoms with van der Waals surface area (Å²) in [7, 11) is -7.38. The fourth-order valence-electron chi connectivity index (χ4n) is 8.34. The SMILES string of the molecule is CO[C@@]1(c2ccc(-c3ccccc3)cc2)C[C@H]2C(=O)N[C@]3(C(=O)NS(=O)(=O)C4CC4)C[C@H]3C=CCCCN(S(=O)(=O)c3ccccc3[N+](=O)[O-])C[C@H](NC(=O)OC(C)(C)C)C(=O)N2C1. The van der Waals surface area contributed by atoms with Crippen molar-refractivity contribution in [3.8, 4) is 11.1 Å². The van der Waals surface area contributed by atoms with Crippen LogP contribution in [0.1, 0.15) is 64.9 Å². The molecule has 0 radical (unpaired) electrons. The van der Waals surface area contributed by atoms with Gasteiger partial charge < -0.3 is 25.0 Å². The maximum absolute atomic E-state index is 15.3. The summed E-state index contributed by atoms with van der Waals surface area (Å²) >= 11 is 0. The molecule has 2 heterocycles. The van der Waals surface area contributed by atoms with Crippen molar-refractivity contribution in [2.75, 3.05) is 26.7 Å². The number of para-hydroxylation sites is 1. The molecule has 64 heavy (non-hydrogen) atoms. The van der Waals surface area contributed by atoms with Crippen LogP contribution >= 0.6 is 0 Å². The zero-order valence-electron chi connectivity index (χ0n) is 35.9. The summed E-state index contributed by atoms with van der Waals surface area (Å²) in [5.41, 5.74) is -2.47. The van der Waals surface area contributed by atoms with Crippen molar-refractivity contribution in [2.24, 2.45) is 5.92 Å². The fourth-order valence-corrected chi connectivity index (χ4v) is 11.4. The van der Waals surface area contributed by atoms with E-state index in [4.69, 9.17) is 9.47 Å². The van der Waals surface area contributed by atoms with E-state index in [9.17, 15) is 41.3 Å². The van der Waals surface area contributed by atoms with Gasteiger partial charge in [-0.15, -0.1) is 0 Å². The molecule has 0 unspecified atom stereocenters. The van der Waals surface area contributed by atoms with Crippen LogP contribution < -0.4 is 15.4 Å². The maximum atomic E-state index is 15.3. The summed E-state index contributed by atoms with van der Waals surface area (Å²) in [5.74, 6) is -3.35. The zero-order valence-corrected chi connectivity index (χ0v) is 37.5. The first-order valence-electron chi connectivity index (χ1n) is 21.0. The third-order valence-electron chi connectivity index (χ3n) is 12.0. The van der Waals surface area contributed by atoms with Gasteiger partial charge in [0.25, 0.3) is 11.6 Å². The molecule has 0 spiro atoms. The van der Waals surface area contributed by atoms with Crippen LogP contribution in [0.5, 0.6) is 0 Å². The van der Waals surface area contributed by atoms with E-state index in [1.165, 1.54) is 19.2 Å². The molecule has 3 aromatic carbocycles. The van der Waals surface area contributed by atoms with Gasteiger partial charge in [0, 0.05) is 38.6 Å². The number of carbonyl (C=O) groups excluding carboxylic acids is 4. The van der Waals surface area contributed by atoms with Gasteiger partial charge in [-0.05, 0) is 75.6 Å². The van der Waals surface area contributed by atoms with Crippen LogP contribution in [-0.2, 0) is 49.5 Å². The standard InChI is InChI=1S/C44H52N6O12S2/c1-42(2,3)62-41(54)45-34-27-48(64(59,60)37-17-11-10-16-35(37)50(55)56)24-12-6-9-15-32-25-44(32,40(53)47-63(57,58)33-22-23-33)46-38(51)36-26-43(61-4,28-49(36)39(34)52)31-20-18-30(19-21-31)29-13-7-5-8-14-29/h5,7-11,13-21,32-34,36H,6,12,22-28H2,1-4H3,(H,45,54)(H,46,51)(H,47,53)/t32-,34+,36+,43+,44-/m1/s1. The van der Waals surface area contributed by atoms with Crippen LogP contribution in [0.4, 0.5) is 10.5 Å². The summed E-state index contributed by atoms with van der Waals surface area (Å²) in [6.45, 7) is 3.45. The molecule has 0 bridgehead atoms. The first kappa shape index (κ1) is 46.3. The van der Waals surface area contributed by atoms with Crippen molar-refractivity contribution in [1.82, 2.24) is 24.6 Å². The van der Waals surface area contributed by atoms with Gasteiger partial charge in [0.15, 0.2) is 4.90 Å². The molecule has 3 aromatic rings. The molecular weight excluding hydrogens is 869 g/mol. The minimum atomic E-state index is -4.76. The molecule has 4 amide bonds. The average Bonchev–Trinajstić information content (AvgIpc) is 4.18. The van der Waals surface area contributed by atoms with E-state index >= 15 is 4.79 Å². The monoisotopic (exact) mass is 920 g/mol. The Morgan fingerprint density at radius 1 is 0.922 bits per heavy atom. The van der Waals surface area contributed by atoms with E-state index in [0.717, 1.165) is 32.5 Å². The van der Waals surface area contributed by atoms with E-state index in [2.05, 4.69) is 15.4 Å². The minimum absolute atomic E-state index is 0.0271. The van der Waals surface area contributed by atoms with Crippen LogP contribution in [-0.4, -0.2) is 110 Å². The molecule has 2 saturated carbocycles. The number of hydrogen-bond donors (Lipinski definition) is 3. The lowest BCUT2D eigenvalue weighted by Gasteiger charge is -2.33. The Morgan fingerprint density at radius 3 is 2.22 bits per heavy atom. The lowest BCUT2D eigenvalue weighted by atomic mass is 9.89. The van der Waals surface area contributed by atoms with Crippen molar-refractivity contribution < 1.29 is 50.4 Å². The van der Waals surface area contributed by atoms with Gasteiger partial charge in [-0.3, -0.25) is 29.2 Å². The van der Waals surface area contributed by atoms with E-state index < -0.39 is 106 Å². The Morgan fingerprint density at radius 2 is 1.58 bits per heavy atom. The van der Waals surface area contributed by atoms with E-state index in [1.54, 1.807) is 45.1 Å². The van der Waals surface area contributed by atoms with Gasteiger partial charge in [-0.1, -0.05) is 78.9 Å². The lowest BCUT2D eigenvalue weighted by Crippen LogP contribution is -2.60. The van der Waals surface area contributed by atoms with Crippen molar-refractivity contribution in [2.45, 2.75) is 98.3 Å². The molecule has 1 saturated heterocycles. The van der Waals surface area contributed by atoms with Crippen molar-refractivity contribution in [3.05, 3.63) is 107 Å². The highest BCUT2D eigenvalue weighted by molar-refractivity contribution is 7.91. The largest absolute Gasteiger partial charge is 0.444 e. The molecule has 20 heteroatoms. The number of benzene rings is 3. The van der Waals surface area contributed by atoms with Crippen molar-refractivity contribution >= 4 is 49.5 Å². The number of ether oxygens (including phenoxy) is 2. The molecule has 342 valence electrons. The van der Waals surface area contributed by atoms with Crippen LogP contribution in [0.15, 0.2) is 95.9 Å². The van der Waals surface area contributed by atoms with Crippen LogP contribution in [0, 0.1) is 16.0 Å². The topological polar surface area (TPSA) is 241 Å². The van der Waals surface area contributed by atoms with Crippen molar-refractivity contribution in [1.29, 1.82) is 0 Å². The van der Waals surface area contributed by atoms with Crippen LogP contribution in [0.25, 0.3) is 11.1 Å². The summed E-state index contributed by atoms with van der Waals surface area (Å²) in [6, 6.07) is 18.5. The van der Waals surface area contributed by atoms with Gasteiger partial charge in [-0.25, -0.2) is 21.6 Å². The van der Waals surface area contributed by atoms with Gasteiger partial charge in [0.2, 0.25) is 31.9 Å². The number of nitrogens with zero attached hydrogens (tertiary/aromatic N) is 3. The second-order valence-electron chi connectivity index (χ2n) is 17.6. The number of methoxy groups -OCH3 is 1. The quantitative estimate of drug-likeness (QED) is 0.148. The number of amides is 4. The molecule has 4 aliphatic rings. The average molecular weight is 921 g/mol. The normalized spacial score (nSPS) is 25.8. The van der Waals surface area contributed by atoms with Gasteiger partial charge in [-0.2, -0.15) is 4.31 Å². The lowest BCUT2D eigenvalue weighted by molar-refractivity contribution is -0.387. The molecular formula is C44H52N6O12S2. The minimum Gasteiger partial charge on any atom is -0.444 e. The highest BCUT2D eigenvalue weighted by atomic mass is 32.2. The second-order valence-corrected chi connectivity index (χ2v) is 21.5.